The predicted octanol–water partition coefficient (Wildman–Crippen LogP) is 3.42. The topological polar surface area (TPSA) is 93.4 Å². The quantitative estimate of drug-likeness (QED) is 0.500. The summed E-state index contributed by atoms with van der Waals surface area (Å²) in [6.45, 7) is 0.134. The fourth-order valence-electron chi connectivity index (χ4n) is 4.04. The van der Waals surface area contributed by atoms with Crippen molar-refractivity contribution in [2.24, 2.45) is 0 Å². The summed E-state index contributed by atoms with van der Waals surface area (Å²) in [4.78, 5) is 21.9. The molecule has 0 unspecified atom stereocenters. The van der Waals surface area contributed by atoms with E-state index in [-0.39, 0.29) is 18.5 Å². The number of nitrogens with zero attached hydrogens (tertiary/aromatic N) is 4. The minimum atomic E-state index is -0.0366. The van der Waals surface area contributed by atoms with Gasteiger partial charge in [-0.05, 0) is 49.2 Å². The minimum absolute atomic E-state index is 0.0366. The van der Waals surface area contributed by atoms with Crippen LogP contribution < -0.4 is 15.4 Å². The molecular formula is C23H24N6O2. The van der Waals surface area contributed by atoms with Crippen LogP contribution in [0.25, 0.3) is 27.9 Å². The molecule has 1 fully saturated rings. The Morgan fingerprint density at radius 1 is 1.10 bits per heavy atom. The van der Waals surface area contributed by atoms with Gasteiger partial charge in [0.1, 0.15) is 5.75 Å². The van der Waals surface area contributed by atoms with Crippen molar-refractivity contribution in [3.8, 4) is 17.1 Å². The number of benzene rings is 2. The number of ether oxygens (including phenoxy) is 1. The van der Waals surface area contributed by atoms with Crippen molar-refractivity contribution in [3.63, 3.8) is 0 Å². The first-order chi connectivity index (χ1) is 15.2. The average molecular weight is 416 g/mol. The highest BCUT2D eigenvalue weighted by Gasteiger charge is 2.18. The first-order valence-electron chi connectivity index (χ1n) is 10.5. The van der Waals surface area contributed by atoms with Crippen LogP contribution in [0.3, 0.4) is 0 Å². The lowest BCUT2D eigenvalue weighted by molar-refractivity contribution is -0.120. The number of carbonyl (C=O) groups excluding carboxylic acids is 1. The highest BCUT2D eigenvalue weighted by molar-refractivity contribution is 5.93. The van der Waals surface area contributed by atoms with Crippen molar-refractivity contribution >= 4 is 28.4 Å². The number of aromatic nitrogens is 4. The maximum absolute atomic E-state index is 12.4. The monoisotopic (exact) mass is 416 g/mol. The van der Waals surface area contributed by atoms with Crippen molar-refractivity contribution in [3.05, 3.63) is 48.5 Å². The van der Waals surface area contributed by atoms with E-state index >= 15 is 0 Å². The van der Waals surface area contributed by atoms with E-state index in [1.165, 1.54) is 12.8 Å². The molecule has 2 aromatic carbocycles. The Morgan fingerprint density at radius 2 is 1.87 bits per heavy atom. The van der Waals surface area contributed by atoms with Gasteiger partial charge in [-0.2, -0.15) is 4.52 Å². The average Bonchev–Trinajstić information content (AvgIpc) is 3.48. The molecule has 31 heavy (non-hydrogen) atoms. The summed E-state index contributed by atoms with van der Waals surface area (Å²) >= 11 is 0. The predicted molar refractivity (Wildman–Crippen MR) is 119 cm³/mol. The van der Waals surface area contributed by atoms with Crippen molar-refractivity contribution in [2.45, 2.75) is 31.7 Å². The molecule has 0 atom stereocenters. The van der Waals surface area contributed by atoms with Crippen LogP contribution in [-0.2, 0) is 4.79 Å². The van der Waals surface area contributed by atoms with Crippen LogP contribution in [0.15, 0.2) is 48.5 Å². The van der Waals surface area contributed by atoms with Gasteiger partial charge in [0, 0.05) is 17.0 Å². The second-order valence-electron chi connectivity index (χ2n) is 7.75. The number of amides is 1. The summed E-state index contributed by atoms with van der Waals surface area (Å²) in [6.07, 6.45) is 4.47. The first-order valence-corrected chi connectivity index (χ1v) is 10.5. The van der Waals surface area contributed by atoms with Gasteiger partial charge >= 0.3 is 0 Å². The second-order valence-corrected chi connectivity index (χ2v) is 7.75. The first kappa shape index (κ1) is 19.3. The molecule has 1 saturated carbocycles. The number of methoxy groups -OCH3 is 1. The fraction of sp³-hybridized carbons (Fsp3) is 0.304. The van der Waals surface area contributed by atoms with Gasteiger partial charge in [-0.3, -0.25) is 4.79 Å². The molecule has 1 aliphatic rings. The SMILES string of the molecule is COc1ccc(-c2nc3c4ccccc4nc(NCC(=O)NC4CCCC4)n3n2)cc1. The number of fused-ring (bicyclic) bond motifs is 3. The molecule has 0 saturated heterocycles. The Kier molecular flexibility index (Phi) is 5.11. The number of rotatable bonds is 6. The Morgan fingerprint density at radius 3 is 2.65 bits per heavy atom. The highest BCUT2D eigenvalue weighted by atomic mass is 16.5. The molecule has 2 aromatic heterocycles. The van der Waals surface area contributed by atoms with Crippen LogP contribution in [0.1, 0.15) is 25.7 Å². The third-order valence-electron chi connectivity index (χ3n) is 5.65. The third-order valence-corrected chi connectivity index (χ3v) is 5.65. The molecule has 158 valence electrons. The third kappa shape index (κ3) is 3.88. The van der Waals surface area contributed by atoms with E-state index < -0.39 is 0 Å². The lowest BCUT2D eigenvalue weighted by atomic mass is 10.2. The van der Waals surface area contributed by atoms with Crippen molar-refractivity contribution in [2.75, 3.05) is 19.0 Å². The summed E-state index contributed by atoms with van der Waals surface area (Å²) < 4.78 is 6.91. The van der Waals surface area contributed by atoms with E-state index in [0.717, 1.165) is 35.1 Å². The van der Waals surface area contributed by atoms with Crippen LogP contribution in [0.2, 0.25) is 0 Å². The maximum Gasteiger partial charge on any atom is 0.239 e. The molecule has 0 radical (unpaired) electrons. The molecule has 0 bridgehead atoms. The Hall–Kier alpha value is -3.68. The Balaban J connectivity index is 1.48. The smallest absolute Gasteiger partial charge is 0.239 e. The molecule has 2 N–H and O–H groups in total. The Bertz CT molecular complexity index is 1230. The van der Waals surface area contributed by atoms with Gasteiger partial charge in [-0.1, -0.05) is 25.0 Å². The molecule has 2 heterocycles. The van der Waals surface area contributed by atoms with Crippen molar-refractivity contribution in [1.29, 1.82) is 0 Å². The molecule has 5 rings (SSSR count). The summed E-state index contributed by atoms with van der Waals surface area (Å²) in [7, 11) is 1.64. The molecule has 1 aliphatic carbocycles. The fourth-order valence-corrected chi connectivity index (χ4v) is 4.04. The van der Waals surface area contributed by atoms with E-state index in [2.05, 4.69) is 15.7 Å². The number of anilines is 1. The van der Waals surface area contributed by atoms with E-state index in [0.29, 0.717) is 17.4 Å². The normalized spacial score (nSPS) is 14.2. The van der Waals surface area contributed by atoms with Gasteiger partial charge in [0.15, 0.2) is 11.5 Å². The van der Waals surface area contributed by atoms with Gasteiger partial charge in [0.05, 0.1) is 19.2 Å². The molecular weight excluding hydrogens is 392 g/mol. The van der Waals surface area contributed by atoms with E-state index in [4.69, 9.17) is 14.7 Å². The standard InChI is InChI=1S/C23H24N6O2/c1-31-17-12-10-15(11-13-17)21-27-22-18-8-4-5-9-19(18)26-23(29(22)28-21)24-14-20(30)25-16-6-2-3-7-16/h4-5,8-13,16H,2-3,6-7,14H2,1H3,(H,24,26)(H,25,30). The van der Waals surface area contributed by atoms with E-state index in [1.807, 2.05) is 48.5 Å². The lowest BCUT2D eigenvalue weighted by Crippen LogP contribution is -2.37. The summed E-state index contributed by atoms with van der Waals surface area (Å²) in [6, 6.07) is 15.7. The summed E-state index contributed by atoms with van der Waals surface area (Å²) in [5.41, 5.74) is 2.36. The summed E-state index contributed by atoms with van der Waals surface area (Å²) in [5.74, 6) is 1.81. The minimum Gasteiger partial charge on any atom is -0.497 e. The van der Waals surface area contributed by atoms with Gasteiger partial charge in [0.25, 0.3) is 0 Å². The zero-order valence-electron chi connectivity index (χ0n) is 17.3. The number of nitrogens with one attached hydrogen (secondary N) is 2. The maximum atomic E-state index is 12.4. The zero-order chi connectivity index (χ0) is 21.2. The van der Waals surface area contributed by atoms with Gasteiger partial charge < -0.3 is 15.4 Å². The number of carbonyl (C=O) groups is 1. The number of hydrogen-bond donors (Lipinski definition) is 2. The van der Waals surface area contributed by atoms with Gasteiger partial charge in [-0.25, -0.2) is 9.97 Å². The van der Waals surface area contributed by atoms with Crippen molar-refractivity contribution in [1.82, 2.24) is 24.9 Å². The molecule has 8 nitrogen and oxygen atoms in total. The van der Waals surface area contributed by atoms with Gasteiger partial charge in [0.2, 0.25) is 11.9 Å². The van der Waals surface area contributed by atoms with Crippen LogP contribution in [0, 0.1) is 0 Å². The lowest BCUT2D eigenvalue weighted by Gasteiger charge is -2.13. The van der Waals surface area contributed by atoms with Crippen LogP contribution in [-0.4, -0.2) is 45.2 Å². The molecule has 1 amide bonds. The van der Waals surface area contributed by atoms with Crippen LogP contribution in [0.4, 0.5) is 5.95 Å². The molecule has 4 aromatic rings. The van der Waals surface area contributed by atoms with Crippen LogP contribution >= 0.6 is 0 Å². The largest absolute Gasteiger partial charge is 0.497 e. The number of para-hydroxylation sites is 1. The van der Waals surface area contributed by atoms with Gasteiger partial charge in [-0.15, -0.1) is 5.10 Å². The van der Waals surface area contributed by atoms with E-state index in [1.54, 1.807) is 11.6 Å². The van der Waals surface area contributed by atoms with Crippen molar-refractivity contribution < 1.29 is 9.53 Å². The molecule has 8 heteroatoms. The highest BCUT2D eigenvalue weighted by Crippen LogP contribution is 2.25. The molecule has 0 spiro atoms. The molecule has 0 aliphatic heterocycles. The summed E-state index contributed by atoms with van der Waals surface area (Å²) in [5, 5.41) is 11.8. The number of hydrogen-bond acceptors (Lipinski definition) is 6. The Labute approximate surface area is 179 Å². The zero-order valence-corrected chi connectivity index (χ0v) is 17.3. The van der Waals surface area contributed by atoms with Crippen LogP contribution in [0.5, 0.6) is 5.75 Å². The second kappa shape index (κ2) is 8.22. The van der Waals surface area contributed by atoms with E-state index in [9.17, 15) is 4.79 Å².